The van der Waals surface area contributed by atoms with Gasteiger partial charge in [-0.15, -0.1) is 0 Å². The number of methoxy groups -OCH3 is 2. The zero-order valence-electron chi connectivity index (χ0n) is 14.1. The molecular formula is C19H21NO5. The summed E-state index contributed by atoms with van der Waals surface area (Å²) < 4.78 is 10.4. The van der Waals surface area contributed by atoms with Crippen molar-refractivity contribution in [2.45, 2.75) is 6.10 Å². The van der Waals surface area contributed by atoms with E-state index in [1.807, 2.05) is 0 Å². The average Bonchev–Trinajstić information content (AvgIpc) is 2.63. The second-order valence-electron chi connectivity index (χ2n) is 5.33. The quantitative estimate of drug-likeness (QED) is 0.673. The summed E-state index contributed by atoms with van der Waals surface area (Å²) in [5, 5.41) is 21.6. The van der Waals surface area contributed by atoms with Gasteiger partial charge in [0.1, 0.15) is 5.75 Å². The lowest BCUT2D eigenvalue weighted by Crippen LogP contribution is -2.27. The molecule has 0 aromatic heterocycles. The Labute approximate surface area is 146 Å². The topological polar surface area (TPSA) is 88.0 Å². The molecule has 3 N–H and O–H groups in total. The molecule has 1 amide bonds. The summed E-state index contributed by atoms with van der Waals surface area (Å²) in [5.74, 6) is 0.290. The Morgan fingerprint density at radius 3 is 2.52 bits per heavy atom. The molecule has 0 heterocycles. The molecular weight excluding hydrogens is 322 g/mol. The lowest BCUT2D eigenvalue weighted by atomic mass is 10.1. The number of hydrogen-bond donors (Lipinski definition) is 3. The molecule has 0 aliphatic carbocycles. The van der Waals surface area contributed by atoms with Gasteiger partial charge in [-0.25, -0.2) is 0 Å². The van der Waals surface area contributed by atoms with E-state index in [-0.39, 0.29) is 23.5 Å². The number of benzene rings is 2. The van der Waals surface area contributed by atoms with Crippen LogP contribution in [-0.2, 0) is 9.53 Å². The Morgan fingerprint density at radius 2 is 1.88 bits per heavy atom. The van der Waals surface area contributed by atoms with Crippen LogP contribution in [0.25, 0.3) is 6.08 Å². The molecule has 0 aliphatic heterocycles. The average molecular weight is 343 g/mol. The Balaban J connectivity index is 1.94. The van der Waals surface area contributed by atoms with E-state index in [2.05, 4.69) is 5.32 Å². The van der Waals surface area contributed by atoms with Gasteiger partial charge in [0.05, 0.1) is 13.2 Å². The lowest BCUT2D eigenvalue weighted by molar-refractivity contribution is -0.117. The first kappa shape index (κ1) is 18.4. The molecule has 0 fully saturated rings. The SMILES string of the molecule is COc1cc(/C=C/C(=O)NC[C@H](OC)c2ccc(O)cc2)ccc1O. The Bertz CT molecular complexity index is 740. The number of phenolic OH excluding ortho intramolecular Hbond substituents is 2. The monoisotopic (exact) mass is 343 g/mol. The first-order valence-electron chi connectivity index (χ1n) is 7.68. The molecule has 6 heteroatoms. The standard InChI is InChI=1S/C19H21NO5/c1-24-17-11-13(3-9-16(17)22)4-10-19(23)20-12-18(25-2)14-5-7-15(21)8-6-14/h3-11,18,21-22H,12H2,1-2H3,(H,20,23)/b10-4+/t18-/m0/s1. The number of phenols is 2. The maximum Gasteiger partial charge on any atom is 0.244 e. The fourth-order valence-electron chi connectivity index (χ4n) is 2.25. The van der Waals surface area contributed by atoms with E-state index >= 15 is 0 Å². The number of hydrogen-bond acceptors (Lipinski definition) is 5. The summed E-state index contributed by atoms with van der Waals surface area (Å²) in [6.07, 6.45) is 2.71. The van der Waals surface area contributed by atoms with Gasteiger partial charge in [0.25, 0.3) is 0 Å². The number of ether oxygens (including phenoxy) is 2. The molecule has 25 heavy (non-hydrogen) atoms. The highest BCUT2D eigenvalue weighted by Gasteiger charge is 2.11. The Hall–Kier alpha value is -2.99. The van der Waals surface area contributed by atoms with Gasteiger partial charge in [0.2, 0.25) is 5.91 Å². The van der Waals surface area contributed by atoms with E-state index < -0.39 is 0 Å². The van der Waals surface area contributed by atoms with Crippen molar-refractivity contribution in [2.75, 3.05) is 20.8 Å². The molecule has 0 saturated carbocycles. The van der Waals surface area contributed by atoms with Gasteiger partial charge in [-0.05, 0) is 41.5 Å². The third-order valence-corrected chi connectivity index (χ3v) is 3.64. The van der Waals surface area contributed by atoms with Crippen LogP contribution < -0.4 is 10.1 Å². The van der Waals surface area contributed by atoms with Crippen LogP contribution in [0.5, 0.6) is 17.2 Å². The van der Waals surface area contributed by atoms with Crippen molar-refractivity contribution >= 4 is 12.0 Å². The minimum absolute atomic E-state index is 0.0425. The second-order valence-corrected chi connectivity index (χ2v) is 5.33. The molecule has 0 saturated heterocycles. The fourth-order valence-corrected chi connectivity index (χ4v) is 2.25. The van der Waals surface area contributed by atoms with Gasteiger partial charge in [-0.1, -0.05) is 18.2 Å². The second kappa shape index (κ2) is 8.75. The van der Waals surface area contributed by atoms with Gasteiger partial charge < -0.3 is 25.0 Å². The van der Waals surface area contributed by atoms with Crippen LogP contribution in [-0.4, -0.2) is 36.9 Å². The van der Waals surface area contributed by atoms with Crippen LogP contribution in [0.3, 0.4) is 0 Å². The molecule has 0 aliphatic rings. The van der Waals surface area contributed by atoms with E-state index in [4.69, 9.17) is 9.47 Å². The van der Waals surface area contributed by atoms with Crippen LogP contribution in [0.1, 0.15) is 17.2 Å². The predicted molar refractivity (Wildman–Crippen MR) is 94.6 cm³/mol. The third kappa shape index (κ3) is 5.26. The third-order valence-electron chi connectivity index (χ3n) is 3.64. The zero-order valence-corrected chi connectivity index (χ0v) is 14.1. The van der Waals surface area contributed by atoms with Crippen molar-refractivity contribution in [2.24, 2.45) is 0 Å². The van der Waals surface area contributed by atoms with E-state index in [0.717, 1.165) is 11.1 Å². The summed E-state index contributed by atoms with van der Waals surface area (Å²) in [5.41, 5.74) is 1.58. The van der Waals surface area contributed by atoms with Crippen LogP contribution in [0.2, 0.25) is 0 Å². The van der Waals surface area contributed by atoms with Crippen molar-refractivity contribution in [1.82, 2.24) is 5.32 Å². The van der Waals surface area contributed by atoms with E-state index in [9.17, 15) is 15.0 Å². The molecule has 1 atom stereocenters. The predicted octanol–water partition coefficient (Wildman–Crippen LogP) is 2.62. The van der Waals surface area contributed by atoms with Crippen molar-refractivity contribution < 1.29 is 24.5 Å². The molecule has 132 valence electrons. The van der Waals surface area contributed by atoms with Crippen molar-refractivity contribution in [3.8, 4) is 17.2 Å². The van der Waals surface area contributed by atoms with Gasteiger partial charge in [0, 0.05) is 19.7 Å². The number of carbonyl (C=O) groups excluding carboxylic acids is 1. The molecule has 0 spiro atoms. The largest absolute Gasteiger partial charge is 0.508 e. The number of nitrogens with one attached hydrogen (secondary N) is 1. The molecule has 0 unspecified atom stereocenters. The summed E-state index contributed by atoms with van der Waals surface area (Å²) in [4.78, 5) is 12.0. The molecule has 0 radical (unpaired) electrons. The van der Waals surface area contributed by atoms with Crippen molar-refractivity contribution in [3.05, 3.63) is 59.7 Å². The highest BCUT2D eigenvalue weighted by atomic mass is 16.5. The summed E-state index contributed by atoms with van der Waals surface area (Å²) in [7, 11) is 3.02. The number of aromatic hydroxyl groups is 2. The van der Waals surface area contributed by atoms with E-state index in [0.29, 0.717) is 12.3 Å². The van der Waals surface area contributed by atoms with Crippen molar-refractivity contribution in [3.63, 3.8) is 0 Å². The minimum atomic E-state index is -0.313. The maximum absolute atomic E-state index is 12.0. The van der Waals surface area contributed by atoms with Crippen LogP contribution in [0, 0.1) is 0 Å². The summed E-state index contributed by atoms with van der Waals surface area (Å²) in [6, 6.07) is 11.4. The summed E-state index contributed by atoms with van der Waals surface area (Å²) >= 11 is 0. The van der Waals surface area contributed by atoms with Crippen LogP contribution in [0.15, 0.2) is 48.5 Å². The molecule has 6 nitrogen and oxygen atoms in total. The summed E-state index contributed by atoms with van der Waals surface area (Å²) in [6.45, 7) is 0.295. The van der Waals surface area contributed by atoms with Gasteiger partial charge in [-0.2, -0.15) is 0 Å². The van der Waals surface area contributed by atoms with Crippen LogP contribution >= 0.6 is 0 Å². The highest BCUT2D eigenvalue weighted by Crippen LogP contribution is 2.26. The fraction of sp³-hybridized carbons (Fsp3) is 0.211. The molecule has 2 aromatic carbocycles. The van der Waals surface area contributed by atoms with Crippen molar-refractivity contribution in [1.29, 1.82) is 0 Å². The Morgan fingerprint density at radius 1 is 1.16 bits per heavy atom. The lowest BCUT2D eigenvalue weighted by Gasteiger charge is -2.16. The first-order chi connectivity index (χ1) is 12.0. The maximum atomic E-state index is 12.0. The number of rotatable bonds is 7. The number of carbonyl (C=O) groups is 1. The molecule has 2 rings (SSSR count). The molecule has 0 bridgehead atoms. The van der Waals surface area contributed by atoms with Gasteiger partial charge in [0.15, 0.2) is 11.5 Å². The van der Waals surface area contributed by atoms with Gasteiger partial charge >= 0.3 is 0 Å². The smallest absolute Gasteiger partial charge is 0.244 e. The van der Waals surface area contributed by atoms with Gasteiger partial charge in [-0.3, -0.25) is 4.79 Å². The molecule has 2 aromatic rings. The van der Waals surface area contributed by atoms with E-state index in [1.54, 1.807) is 49.6 Å². The Kier molecular flexibility index (Phi) is 6.42. The van der Waals surface area contributed by atoms with E-state index in [1.165, 1.54) is 19.3 Å². The zero-order chi connectivity index (χ0) is 18.2. The minimum Gasteiger partial charge on any atom is -0.508 e. The first-order valence-corrected chi connectivity index (χ1v) is 7.68. The highest BCUT2D eigenvalue weighted by molar-refractivity contribution is 5.91. The van der Waals surface area contributed by atoms with Crippen LogP contribution in [0.4, 0.5) is 0 Å². The normalized spacial score (nSPS) is 12.1. The number of amides is 1.